The maximum Gasteiger partial charge on any atom is 0.414 e. The first-order chi connectivity index (χ1) is 6.69. The maximum atomic E-state index is 11.0. The van der Waals surface area contributed by atoms with Gasteiger partial charge in [-0.3, -0.25) is 4.90 Å². The number of cyclic esters (lactones) is 1. The second kappa shape index (κ2) is 4.50. The molecule has 1 saturated heterocycles. The standard InChI is InChI=1S/C8H11NO5/c1-12-6(7(10)13-2)5-9-3-4-14-8(9)11/h5H,3-4H2,1-2H3. The van der Waals surface area contributed by atoms with Crippen LogP contribution in [0.2, 0.25) is 0 Å². The Morgan fingerprint density at radius 1 is 1.50 bits per heavy atom. The minimum absolute atomic E-state index is 0.0358. The Morgan fingerprint density at radius 3 is 2.64 bits per heavy atom. The van der Waals surface area contributed by atoms with Gasteiger partial charge in [0.15, 0.2) is 0 Å². The lowest BCUT2D eigenvalue weighted by Gasteiger charge is -2.08. The van der Waals surface area contributed by atoms with Crippen molar-refractivity contribution in [1.82, 2.24) is 4.90 Å². The summed E-state index contributed by atoms with van der Waals surface area (Å²) in [5.74, 6) is -0.668. The molecule has 0 N–H and O–H groups in total. The molecule has 0 aliphatic carbocycles. The number of ether oxygens (including phenoxy) is 3. The van der Waals surface area contributed by atoms with Crippen molar-refractivity contribution >= 4 is 12.1 Å². The molecule has 1 fully saturated rings. The number of rotatable bonds is 3. The van der Waals surface area contributed by atoms with Gasteiger partial charge in [0.2, 0.25) is 5.76 Å². The van der Waals surface area contributed by atoms with Crippen molar-refractivity contribution in [3.8, 4) is 0 Å². The van der Waals surface area contributed by atoms with Gasteiger partial charge in [0.25, 0.3) is 0 Å². The third kappa shape index (κ3) is 2.15. The molecule has 1 heterocycles. The predicted molar refractivity (Wildman–Crippen MR) is 45.2 cm³/mol. The SMILES string of the molecule is COC(=O)C(=CN1CCOC1=O)OC. The smallest absolute Gasteiger partial charge is 0.414 e. The quantitative estimate of drug-likeness (QED) is 0.368. The molecule has 0 aromatic carbocycles. The van der Waals surface area contributed by atoms with E-state index >= 15 is 0 Å². The highest BCUT2D eigenvalue weighted by Crippen LogP contribution is 2.08. The Hall–Kier alpha value is -1.72. The van der Waals surface area contributed by atoms with Crippen LogP contribution in [0.4, 0.5) is 4.79 Å². The molecular weight excluding hydrogens is 190 g/mol. The molecule has 1 rings (SSSR count). The lowest BCUT2D eigenvalue weighted by Crippen LogP contribution is -2.20. The highest BCUT2D eigenvalue weighted by Gasteiger charge is 2.22. The highest BCUT2D eigenvalue weighted by atomic mass is 16.6. The van der Waals surface area contributed by atoms with Crippen molar-refractivity contribution in [2.24, 2.45) is 0 Å². The van der Waals surface area contributed by atoms with E-state index in [0.717, 1.165) is 0 Å². The first kappa shape index (κ1) is 10.4. The molecule has 0 atom stereocenters. The molecule has 0 spiro atoms. The molecule has 0 aromatic heterocycles. The van der Waals surface area contributed by atoms with Crippen LogP contribution >= 0.6 is 0 Å². The van der Waals surface area contributed by atoms with Gasteiger partial charge in [-0.1, -0.05) is 0 Å². The van der Waals surface area contributed by atoms with E-state index in [1.165, 1.54) is 25.3 Å². The summed E-state index contributed by atoms with van der Waals surface area (Å²) in [6, 6.07) is 0. The maximum absolute atomic E-state index is 11.0. The van der Waals surface area contributed by atoms with Gasteiger partial charge in [0.05, 0.1) is 27.0 Å². The molecule has 78 valence electrons. The van der Waals surface area contributed by atoms with Crippen LogP contribution in [0.1, 0.15) is 0 Å². The van der Waals surface area contributed by atoms with E-state index in [1.807, 2.05) is 0 Å². The third-order valence-corrected chi connectivity index (χ3v) is 1.67. The molecule has 6 heteroatoms. The van der Waals surface area contributed by atoms with Crippen LogP contribution in [0.3, 0.4) is 0 Å². The number of methoxy groups -OCH3 is 2. The van der Waals surface area contributed by atoms with Gasteiger partial charge in [0.1, 0.15) is 6.61 Å². The van der Waals surface area contributed by atoms with Gasteiger partial charge in [-0.05, 0) is 0 Å². The van der Waals surface area contributed by atoms with Crippen molar-refractivity contribution in [3.63, 3.8) is 0 Å². The fourth-order valence-corrected chi connectivity index (χ4v) is 0.954. The summed E-state index contributed by atoms with van der Waals surface area (Å²) in [5, 5.41) is 0. The summed E-state index contributed by atoms with van der Waals surface area (Å²) in [7, 11) is 2.56. The normalized spacial score (nSPS) is 16.6. The third-order valence-electron chi connectivity index (χ3n) is 1.67. The van der Waals surface area contributed by atoms with E-state index in [1.54, 1.807) is 0 Å². The minimum Gasteiger partial charge on any atom is -0.489 e. The van der Waals surface area contributed by atoms with Gasteiger partial charge in [-0.2, -0.15) is 0 Å². The van der Waals surface area contributed by atoms with Gasteiger partial charge < -0.3 is 14.2 Å². The van der Waals surface area contributed by atoms with Gasteiger partial charge in [0, 0.05) is 0 Å². The van der Waals surface area contributed by atoms with Crippen LogP contribution in [-0.4, -0.2) is 44.3 Å². The summed E-state index contributed by atoms with van der Waals surface area (Å²) in [5.41, 5.74) is 0. The molecule has 0 bridgehead atoms. The molecule has 0 aromatic rings. The molecule has 1 amide bonds. The average molecular weight is 201 g/mol. The van der Waals surface area contributed by atoms with E-state index in [4.69, 9.17) is 4.74 Å². The fraction of sp³-hybridized carbons (Fsp3) is 0.500. The highest BCUT2D eigenvalue weighted by molar-refractivity contribution is 5.86. The summed E-state index contributed by atoms with van der Waals surface area (Å²) < 4.78 is 13.8. The van der Waals surface area contributed by atoms with E-state index in [-0.39, 0.29) is 5.76 Å². The zero-order chi connectivity index (χ0) is 10.6. The molecule has 0 unspecified atom stereocenters. The first-order valence-electron chi connectivity index (χ1n) is 3.96. The van der Waals surface area contributed by atoms with Crippen LogP contribution in [0.25, 0.3) is 0 Å². The van der Waals surface area contributed by atoms with E-state index in [9.17, 15) is 9.59 Å². The summed E-state index contributed by atoms with van der Waals surface area (Å²) in [6.45, 7) is 0.718. The molecular formula is C8H11NO5. The summed E-state index contributed by atoms with van der Waals surface area (Å²) >= 11 is 0. The topological polar surface area (TPSA) is 65.1 Å². The van der Waals surface area contributed by atoms with Crippen LogP contribution in [0, 0.1) is 0 Å². The van der Waals surface area contributed by atoms with Crippen LogP contribution < -0.4 is 0 Å². The Balaban J connectivity index is 2.72. The first-order valence-corrected chi connectivity index (χ1v) is 3.96. The molecule has 0 saturated carbocycles. The van der Waals surface area contributed by atoms with E-state index in [2.05, 4.69) is 9.47 Å². The molecule has 1 aliphatic rings. The summed E-state index contributed by atoms with van der Waals surface area (Å²) in [4.78, 5) is 23.3. The second-order valence-corrected chi connectivity index (χ2v) is 2.50. The zero-order valence-corrected chi connectivity index (χ0v) is 7.98. The average Bonchev–Trinajstić information content (AvgIpc) is 2.59. The Kier molecular flexibility index (Phi) is 3.33. The number of hydrogen-bond acceptors (Lipinski definition) is 5. The van der Waals surface area contributed by atoms with Crippen molar-refractivity contribution in [2.45, 2.75) is 0 Å². The summed E-state index contributed by atoms with van der Waals surface area (Å²) in [6.07, 6.45) is 0.768. The van der Waals surface area contributed by atoms with Gasteiger partial charge >= 0.3 is 12.1 Å². The Bertz CT molecular complexity index is 273. The number of amides is 1. The second-order valence-electron chi connectivity index (χ2n) is 2.50. The molecule has 14 heavy (non-hydrogen) atoms. The number of nitrogens with zero attached hydrogens (tertiary/aromatic N) is 1. The largest absolute Gasteiger partial charge is 0.489 e. The van der Waals surface area contributed by atoms with Crippen LogP contribution in [0.5, 0.6) is 0 Å². The molecule has 6 nitrogen and oxygen atoms in total. The van der Waals surface area contributed by atoms with Crippen molar-refractivity contribution < 1.29 is 23.8 Å². The molecule has 0 radical (unpaired) electrons. The lowest BCUT2D eigenvalue weighted by molar-refractivity contribution is -0.139. The Morgan fingerprint density at radius 2 is 2.21 bits per heavy atom. The minimum atomic E-state index is -0.632. The monoisotopic (exact) mass is 201 g/mol. The van der Waals surface area contributed by atoms with Crippen molar-refractivity contribution in [3.05, 3.63) is 12.0 Å². The number of carbonyl (C=O) groups is 2. The van der Waals surface area contributed by atoms with Gasteiger partial charge in [-0.25, -0.2) is 9.59 Å². The Labute approximate surface area is 81.0 Å². The molecule has 1 aliphatic heterocycles. The van der Waals surface area contributed by atoms with Crippen LogP contribution in [0.15, 0.2) is 12.0 Å². The van der Waals surface area contributed by atoms with E-state index < -0.39 is 12.1 Å². The lowest BCUT2D eigenvalue weighted by atomic mass is 10.5. The number of esters is 1. The van der Waals surface area contributed by atoms with Crippen molar-refractivity contribution in [1.29, 1.82) is 0 Å². The predicted octanol–water partition coefficient (Wildman–Crippen LogP) is 0.0994. The van der Waals surface area contributed by atoms with Crippen LogP contribution in [-0.2, 0) is 19.0 Å². The fourth-order valence-electron chi connectivity index (χ4n) is 0.954. The number of carbonyl (C=O) groups excluding carboxylic acids is 2. The van der Waals surface area contributed by atoms with Crippen molar-refractivity contribution in [2.75, 3.05) is 27.4 Å². The number of hydrogen-bond donors (Lipinski definition) is 0. The van der Waals surface area contributed by atoms with E-state index in [0.29, 0.717) is 13.2 Å². The van der Waals surface area contributed by atoms with Gasteiger partial charge in [-0.15, -0.1) is 0 Å². The zero-order valence-electron chi connectivity index (χ0n) is 7.98.